The number of amides is 1. The molecule has 5 nitrogen and oxygen atoms in total. The topological polar surface area (TPSA) is 56.1 Å². The van der Waals surface area contributed by atoms with E-state index in [-0.39, 0.29) is 5.91 Å². The second-order valence-corrected chi connectivity index (χ2v) is 5.04. The fourth-order valence-electron chi connectivity index (χ4n) is 2.34. The number of aromatic nitrogens is 2. The molecule has 0 fully saturated rings. The third-order valence-corrected chi connectivity index (χ3v) is 3.66. The maximum Gasteiger partial charge on any atom is 0.224 e. The van der Waals surface area contributed by atoms with Gasteiger partial charge in [0.15, 0.2) is 0 Å². The Balaban J connectivity index is 1.99. The maximum atomic E-state index is 12.1. The molecule has 21 heavy (non-hydrogen) atoms. The molecular formula is C16H21N3O2. The molecule has 0 atom stereocenters. The highest BCUT2D eigenvalue weighted by Crippen LogP contribution is 2.17. The summed E-state index contributed by atoms with van der Waals surface area (Å²) in [5.41, 5.74) is 3.89. The second kappa shape index (κ2) is 6.43. The molecule has 2 aromatic rings. The van der Waals surface area contributed by atoms with Gasteiger partial charge in [0, 0.05) is 30.4 Å². The van der Waals surface area contributed by atoms with Crippen molar-refractivity contribution in [3.63, 3.8) is 0 Å². The standard InChI is InChI=1S/C16H21N3O2/c1-11-14(12(2)19(3)18-11)9-16(20)17-10-13-7-5-6-8-15(13)21-4/h5-8H,9-10H2,1-4H3,(H,17,20). The van der Waals surface area contributed by atoms with E-state index >= 15 is 0 Å². The van der Waals surface area contributed by atoms with E-state index in [9.17, 15) is 4.79 Å². The lowest BCUT2D eigenvalue weighted by molar-refractivity contribution is -0.120. The molecule has 0 bridgehead atoms. The number of nitrogens with zero attached hydrogens (tertiary/aromatic N) is 2. The minimum atomic E-state index is -0.0138. The van der Waals surface area contributed by atoms with Crippen molar-refractivity contribution in [3.8, 4) is 5.75 Å². The molecule has 1 N–H and O–H groups in total. The molecule has 0 radical (unpaired) electrons. The number of benzene rings is 1. The monoisotopic (exact) mass is 287 g/mol. The lowest BCUT2D eigenvalue weighted by atomic mass is 10.1. The molecule has 1 aromatic heterocycles. The number of hydrogen-bond acceptors (Lipinski definition) is 3. The number of aryl methyl sites for hydroxylation is 2. The molecular weight excluding hydrogens is 266 g/mol. The first-order valence-corrected chi connectivity index (χ1v) is 6.90. The zero-order valence-corrected chi connectivity index (χ0v) is 12.9. The highest BCUT2D eigenvalue weighted by atomic mass is 16.5. The van der Waals surface area contributed by atoms with Gasteiger partial charge in [-0.3, -0.25) is 9.48 Å². The molecule has 5 heteroatoms. The lowest BCUT2D eigenvalue weighted by Crippen LogP contribution is -2.25. The van der Waals surface area contributed by atoms with Crippen LogP contribution in [0, 0.1) is 13.8 Å². The normalized spacial score (nSPS) is 10.5. The Hall–Kier alpha value is -2.30. The number of hydrogen-bond donors (Lipinski definition) is 1. The minimum absolute atomic E-state index is 0.0138. The highest BCUT2D eigenvalue weighted by Gasteiger charge is 2.13. The largest absolute Gasteiger partial charge is 0.496 e. The molecule has 0 aliphatic heterocycles. The van der Waals surface area contributed by atoms with Crippen LogP contribution in [0.5, 0.6) is 5.75 Å². The SMILES string of the molecule is COc1ccccc1CNC(=O)Cc1c(C)nn(C)c1C. The van der Waals surface area contributed by atoms with Crippen molar-refractivity contribution < 1.29 is 9.53 Å². The molecule has 0 aliphatic rings. The van der Waals surface area contributed by atoms with Crippen molar-refractivity contribution in [3.05, 3.63) is 46.8 Å². The fourth-order valence-corrected chi connectivity index (χ4v) is 2.34. The Morgan fingerprint density at radius 1 is 1.33 bits per heavy atom. The summed E-state index contributed by atoms with van der Waals surface area (Å²) >= 11 is 0. The van der Waals surface area contributed by atoms with Crippen molar-refractivity contribution in [1.82, 2.24) is 15.1 Å². The van der Waals surface area contributed by atoms with Crippen LogP contribution in [0.15, 0.2) is 24.3 Å². The van der Waals surface area contributed by atoms with Crippen LogP contribution in [-0.2, 0) is 24.8 Å². The average Bonchev–Trinajstić information content (AvgIpc) is 2.72. The van der Waals surface area contributed by atoms with E-state index in [1.165, 1.54) is 0 Å². The summed E-state index contributed by atoms with van der Waals surface area (Å²) in [4.78, 5) is 12.1. The first-order valence-electron chi connectivity index (χ1n) is 6.90. The van der Waals surface area contributed by atoms with Crippen molar-refractivity contribution in [2.75, 3.05) is 7.11 Å². The van der Waals surface area contributed by atoms with Gasteiger partial charge >= 0.3 is 0 Å². The summed E-state index contributed by atoms with van der Waals surface area (Å²) in [6, 6.07) is 7.67. The number of carbonyl (C=O) groups excluding carboxylic acids is 1. The van der Waals surface area contributed by atoms with Crippen LogP contribution < -0.4 is 10.1 Å². The van der Waals surface area contributed by atoms with E-state index in [4.69, 9.17) is 4.74 Å². The van der Waals surface area contributed by atoms with E-state index < -0.39 is 0 Å². The summed E-state index contributed by atoms with van der Waals surface area (Å²) < 4.78 is 7.08. The Labute approximate surface area is 124 Å². The lowest BCUT2D eigenvalue weighted by Gasteiger charge is -2.09. The predicted octanol–water partition coefficient (Wildman–Crippen LogP) is 1.90. The van der Waals surface area contributed by atoms with Gasteiger partial charge in [0.25, 0.3) is 0 Å². The van der Waals surface area contributed by atoms with Gasteiger partial charge in [-0.05, 0) is 19.9 Å². The Bertz CT molecular complexity index is 647. The van der Waals surface area contributed by atoms with Gasteiger partial charge in [-0.2, -0.15) is 5.10 Å². The molecule has 0 saturated carbocycles. The van der Waals surface area contributed by atoms with Gasteiger partial charge in [0.2, 0.25) is 5.91 Å². The summed E-state index contributed by atoms with van der Waals surface area (Å²) in [6.45, 7) is 4.36. The number of rotatable bonds is 5. The first-order chi connectivity index (χ1) is 10.0. The number of methoxy groups -OCH3 is 1. The molecule has 0 saturated heterocycles. The van der Waals surface area contributed by atoms with Crippen LogP contribution in [0.3, 0.4) is 0 Å². The minimum Gasteiger partial charge on any atom is -0.496 e. The Morgan fingerprint density at radius 3 is 2.67 bits per heavy atom. The van der Waals surface area contributed by atoms with Gasteiger partial charge < -0.3 is 10.1 Å². The summed E-state index contributed by atoms with van der Waals surface area (Å²) in [5, 5.41) is 7.26. The Kier molecular flexibility index (Phi) is 4.62. The summed E-state index contributed by atoms with van der Waals surface area (Å²) in [6.07, 6.45) is 0.348. The van der Waals surface area contributed by atoms with Gasteiger partial charge in [0.1, 0.15) is 5.75 Å². The van der Waals surface area contributed by atoms with Gasteiger partial charge in [-0.1, -0.05) is 18.2 Å². The van der Waals surface area contributed by atoms with E-state index in [1.54, 1.807) is 11.8 Å². The smallest absolute Gasteiger partial charge is 0.224 e. The highest BCUT2D eigenvalue weighted by molar-refractivity contribution is 5.79. The van der Waals surface area contributed by atoms with Crippen LogP contribution in [0.1, 0.15) is 22.5 Å². The molecule has 0 spiro atoms. The van der Waals surface area contributed by atoms with Crippen molar-refractivity contribution in [2.24, 2.45) is 7.05 Å². The third kappa shape index (κ3) is 3.42. The molecule has 2 rings (SSSR count). The number of carbonyl (C=O) groups is 1. The predicted molar refractivity (Wildman–Crippen MR) is 81.2 cm³/mol. The third-order valence-electron chi connectivity index (χ3n) is 3.66. The second-order valence-electron chi connectivity index (χ2n) is 5.04. The molecule has 1 heterocycles. The van der Waals surface area contributed by atoms with Crippen LogP contribution in [0.4, 0.5) is 0 Å². The summed E-state index contributed by atoms with van der Waals surface area (Å²) in [7, 11) is 3.52. The maximum absolute atomic E-state index is 12.1. The van der Waals surface area contributed by atoms with Crippen LogP contribution >= 0.6 is 0 Å². The zero-order valence-electron chi connectivity index (χ0n) is 12.9. The van der Waals surface area contributed by atoms with E-state index in [1.807, 2.05) is 45.2 Å². The van der Waals surface area contributed by atoms with Crippen LogP contribution in [0.2, 0.25) is 0 Å². The van der Waals surface area contributed by atoms with Crippen LogP contribution in [0.25, 0.3) is 0 Å². The molecule has 112 valence electrons. The van der Waals surface area contributed by atoms with Gasteiger partial charge in [0.05, 0.1) is 19.2 Å². The average molecular weight is 287 g/mol. The van der Waals surface area contributed by atoms with E-state index in [0.29, 0.717) is 13.0 Å². The quantitative estimate of drug-likeness (QED) is 0.914. The summed E-state index contributed by atoms with van der Waals surface area (Å²) in [5.74, 6) is 0.770. The van der Waals surface area contributed by atoms with Gasteiger partial charge in [-0.15, -0.1) is 0 Å². The van der Waals surface area contributed by atoms with E-state index in [0.717, 1.165) is 28.3 Å². The molecule has 0 aliphatic carbocycles. The fraction of sp³-hybridized carbons (Fsp3) is 0.375. The van der Waals surface area contributed by atoms with E-state index in [2.05, 4.69) is 10.4 Å². The van der Waals surface area contributed by atoms with Crippen molar-refractivity contribution in [2.45, 2.75) is 26.8 Å². The number of nitrogens with one attached hydrogen (secondary N) is 1. The first kappa shape index (κ1) is 15.1. The number of ether oxygens (including phenoxy) is 1. The van der Waals surface area contributed by atoms with Crippen molar-refractivity contribution >= 4 is 5.91 Å². The van der Waals surface area contributed by atoms with Crippen LogP contribution in [-0.4, -0.2) is 22.8 Å². The number of para-hydroxylation sites is 1. The molecule has 0 unspecified atom stereocenters. The van der Waals surface area contributed by atoms with Crippen molar-refractivity contribution in [1.29, 1.82) is 0 Å². The Morgan fingerprint density at radius 2 is 2.05 bits per heavy atom. The zero-order chi connectivity index (χ0) is 15.4. The molecule has 1 amide bonds. The van der Waals surface area contributed by atoms with Gasteiger partial charge in [-0.25, -0.2) is 0 Å². The molecule has 1 aromatic carbocycles.